The molecule has 4 atom stereocenters. The molecule has 6 aliphatic heterocycles. The molecule has 0 saturated carbocycles. The number of halogens is 1. The number of rotatable bonds is 28. The Kier molecular flexibility index (Phi) is 30.8. The highest BCUT2D eigenvalue weighted by atomic mass is 35.5. The van der Waals surface area contributed by atoms with Gasteiger partial charge in [-0.1, -0.05) is 78.0 Å². The maximum absolute atomic E-state index is 11.1. The molecule has 18 heterocycles. The van der Waals surface area contributed by atoms with Crippen LogP contribution in [0.2, 0.25) is 82.2 Å². The van der Waals surface area contributed by atoms with Crippen LogP contribution in [0.25, 0.3) is 44.1 Å². The van der Waals surface area contributed by atoms with Crippen molar-refractivity contribution in [2.45, 2.75) is 181 Å². The van der Waals surface area contributed by atoms with Crippen molar-refractivity contribution in [2.24, 2.45) is 9.98 Å². The Morgan fingerprint density at radius 1 is 0.477 bits per heavy atom. The fraction of sp³-hybridized carbons (Fsp3) is 0.483. The van der Waals surface area contributed by atoms with Gasteiger partial charge in [0.1, 0.15) is 126 Å². The average molecular weight is 1820 g/mol. The van der Waals surface area contributed by atoms with Crippen molar-refractivity contribution in [3.63, 3.8) is 0 Å². The number of nitrogens with zero attached hydrogens (tertiary/aromatic N) is 26. The molecule has 0 aliphatic carbocycles. The summed E-state index contributed by atoms with van der Waals surface area (Å²) in [6, 6.07) is 20.9. The summed E-state index contributed by atoms with van der Waals surface area (Å²) in [7, 11) is 5.04. The summed E-state index contributed by atoms with van der Waals surface area (Å²) in [6.45, 7) is 37.6. The summed E-state index contributed by atoms with van der Waals surface area (Å²) in [5.41, 5.74) is 9.63. The first-order chi connectivity index (χ1) is 60.9. The molecule has 0 radical (unpaired) electrons. The van der Waals surface area contributed by atoms with Crippen LogP contribution in [0.4, 0.5) is 52.1 Å². The summed E-state index contributed by atoms with van der Waals surface area (Å²) >= 11 is 5.49. The van der Waals surface area contributed by atoms with Crippen LogP contribution in [0.15, 0.2) is 133 Å². The minimum Gasteiger partial charge on any atom is -0.361 e. The first kappa shape index (κ1) is 94.2. The first-order valence-electron chi connectivity index (χ1n) is 43.5. The van der Waals surface area contributed by atoms with Gasteiger partial charge in [-0.05, 0) is 113 Å². The van der Waals surface area contributed by atoms with Gasteiger partial charge < -0.3 is 72.5 Å². The lowest BCUT2D eigenvalue weighted by Crippen LogP contribution is -2.35. The zero-order valence-electron chi connectivity index (χ0n) is 75.6. The molecule has 0 bridgehead atoms. The monoisotopic (exact) mass is 1810 g/mol. The highest BCUT2D eigenvalue weighted by Crippen LogP contribution is 2.36. The molecule has 4 fully saturated rings. The van der Waals surface area contributed by atoms with Crippen LogP contribution in [0.1, 0.15) is 66.5 Å². The summed E-state index contributed by atoms with van der Waals surface area (Å²) in [4.78, 5) is 102. The lowest BCUT2D eigenvalue weighted by molar-refractivity contribution is -0.385. The van der Waals surface area contributed by atoms with Crippen LogP contribution in [0, 0.1) is 34.1 Å². The number of pyridine rings is 4. The van der Waals surface area contributed by atoms with Crippen LogP contribution in [-0.2, 0) is 47.5 Å². The van der Waals surface area contributed by atoms with Gasteiger partial charge in [-0.15, -0.1) is 0 Å². The lowest BCUT2D eigenvalue weighted by Gasteiger charge is -2.26. The number of hydrogen-bond acceptors (Lipinski definition) is 29. The number of fused-ring (bicyclic) bond motifs is 6. The number of aromatic nitrogens is 16. The number of hydrogen-bond donors (Lipinski definition) is 2. The smallest absolute Gasteiger partial charge is 0.290 e. The van der Waals surface area contributed by atoms with E-state index in [2.05, 4.69) is 239 Å². The fourth-order valence-electron chi connectivity index (χ4n) is 16.2. The number of nitro groups is 2. The molecule has 12 aromatic rings. The van der Waals surface area contributed by atoms with Crippen molar-refractivity contribution in [1.82, 2.24) is 83.8 Å². The molecule has 18 rings (SSSR count). The van der Waals surface area contributed by atoms with Crippen LogP contribution in [0.3, 0.4) is 0 Å². The molecule has 0 spiro atoms. The van der Waals surface area contributed by atoms with Crippen LogP contribution in [0.5, 0.6) is 0 Å². The number of aromatic amines is 1. The zero-order chi connectivity index (χ0) is 89.8. The second-order valence-electron chi connectivity index (χ2n) is 36.9. The van der Waals surface area contributed by atoms with E-state index in [0.29, 0.717) is 49.4 Å². The van der Waals surface area contributed by atoms with Crippen LogP contribution in [-0.4, -0.2) is 250 Å². The van der Waals surface area contributed by atoms with Gasteiger partial charge in [0.25, 0.3) is 11.4 Å². The quantitative estimate of drug-likeness (QED) is 0.0151. The molecule has 39 heteroatoms. The van der Waals surface area contributed by atoms with Crippen molar-refractivity contribution in [1.29, 1.82) is 0 Å². The summed E-state index contributed by atoms with van der Waals surface area (Å²) in [5, 5.41) is 29.3. The maximum Gasteiger partial charge on any atom is 0.290 e. The summed E-state index contributed by atoms with van der Waals surface area (Å²) in [5.74, 6) is 6.73. The van der Waals surface area contributed by atoms with Crippen LogP contribution >= 0.6 is 11.6 Å². The van der Waals surface area contributed by atoms with E-state index in [1.165, 1.54) is 46.6 Å². The predicted molar refractivity (Wildman–Crippen MR) is 520 cm³/mol. The Balaban J connectivity index is 0.000000141. The number of aryl methyl sites for hydroxylation is 2. The largest absolute Gasteiger partial charge is 0.361 e. The van der Waals surface area contributed by atoms with Gasteiger partial charge in [0, 0.05) is 225 Å². The van der Waals surface area contributed by atoms with E-state index in [9.17, 15) is 20.2 Å². The van der Waals surface area contributed by atoms with E-state index in [4.69, 9.17) is 25.8 Å². The number of likely N-dealkylation sites (N-methyl/N-ethyl adjacent to an activating group) is 4. The summed E-state index contributed by atoms with van der Waals surface area (Å²) in [6.07, 6.45) is 29.2. The molecular weight excluding hydrogens is 1690 g/mol. The second-order valence-corrected chi connectivity index (χ2v) is 54.2. The van der Waals surface area contributed by atoms with Crippen molar-refractivity contribution < 1.29 is 24.1 Å². The number of aliphatic imine (C=N–C) groups is 2. The average Bonchev–Trinajstić information content (AvgIpc) is 1.60. The maximum atomic E-state index is 11.1. The molecule has 2 N–H and O–H groups in total. The van der Waals surface area contributed by atoms with Crippen molar-refractivity contribution in [2.75, 3.05) is 135 Å². The Labute approximate surface area is 756 Å². The number of nitrogens with one attached hydrogen (secondary N) is 2. The highest BCUT2D eigenvalue weighted by Gasteiger charge is 2.34. The Morgan fingerprint density at radius 2 is 0.844 bits per heavy atom. The van der Waals surface area contributed by atoms with Gasteiger partial charge in [-0.25, -0.2) is 59.8 Å². The third-order valence-electron chi connectivity index (χ3n) is 24.1. The SMILES string of the molecule is C.CN(c1cc2c(cn1)CN=C2)[C@@H]1CCN(c2ncnc3[nH]ccc23)C1.CN(c1cc2c(cn1)CN=C2)[C@@H]1CCN(c2ncnc3c2ccn3COCC[Si](C)(C)C)C1.CN[C@@H]1CCN(c2ncnc3c2ccn3COCC[Si](C)(C)C)C1.Cc1cc(Cl)ncc1[N+](=O)[O-].Cc1cc(N(C)[C@@H]2CCN(c3ncnc4c3ccn4COCC[Si](C)(C)C)C2)ncc1[N+](=O)[O-]. The highest BCUT2D eigenvalue weighted by molar-refractivity contribution is 6.76. The number of ether oxygens (including phenoxy) is 3. The molecular formula is C89H123ClN28O7Si3. The molecule has 0 unspecified atom stereocenters. The molecule has 128 heavy (non-hydrogen) atoms. The molecule has 6 aliphatic rings. The van der Waals surface area contributed by atoms with Gasteiger partial charge in [0.05, 0.1) is 44.5 Å². The molecule has 0 aromatic carbocycles. The predicted octanol–water partition coefficient (Wildman–Crippen LogP) is 15.0. The summed E-state index contributed by atoms with van der Waals surface area (Å²) < 4.78 is 24.0. The van der Waals surface area contributed by atoms with E-state index in [0.717, 1.165) is 208 Å². The van der Waals surface area contributed by atoms with Crippen molar-refractivity contribution in [3.05, 3.63) is 182 Å². The Morgan fingerprint density at radius 3 is 1.23 bits per heavy atom. The zero-order valence-corrected chi connectivity index (χ0v) is 79.4. The second kappa shape index (κ2) is 41.8. The number of anilines is 7. The standard InChI is InChI=1S/C24H33N7OSi.C23H33N7O3Si.C18H19N7.C17H29N5OSi.C6H5ClN2O2.CH4/c1-29(22-11-18-12-25-13-19(18)14-26-22)20-5-7-30(15-20)23-21-6-8-31(24(21)28-16-27-23)17-32-9-10-33(2,3)4;1-17-12-21(24-13-20(17)30(31)32)27(2)18-6-8-28(14-18)22-19-7-9-29(23(19)26-15-25-22)16-33-10-11-34(3,4)5;1-24(16-6-12-7-19-8-13(12)9-21-16)14-3-5-25(10-14)18-15-2-4-20-17(15)22-11-23-18;1-18-14-5-7-21(11-14)16-15-6-8-22(17(15)20-12-19-16)13-23-9-10-24(2,3)4;1-4-2-6(7)8-3-5(4)9(10)11;/h6,8,11-12,14,16,20H,5,7,9-10,13,15,17H2,1-4H3;7,9,12-13,15,18H,6,8,10-11,14,16H2,1-5H3;2,4,6-7,9,11,14H,3,5,8,10H2,1H3,(H,20,22,23);6,8,12,14,18H,5,7,9-11,13H2,1-4H3;2-3H,1H3;1H4/t20-;18-;2*14-;;/m1111../s1. The van der Waals surface area contributed by atoms with E-state index in [-0.39, 0.29) is 30.0 Å². The topological polar surface area (TPSA) is 359 Å². The molecule has 35 nitrogen and oxygen atoms in total. The third kappa shape index (κ3) is 23.4. The Hall–Kier alpha value is -11.4. The first-order valence-corrected chi connectivity index (χ1v) is 55.0. The molecule has 4 saturated heterocycles. The normalized spacial score (nSPS) is 17.0. The van der Waals surface area contributed by atoms with Gasteiger partial charge in [-0.2, -0.15) is 0 Å². The van der Waals surface area contributed by atoms with E-state index >= 15 is 0 Å². The lowest BCUT2D eigenvalue weighted by atomic mass is 10.1. The van der Waals surface area contributed by atoms with E-state index in [1.54, 1.807) is 45.2 Å². The van der Waals surface area contributed by atoms with Crippen molar-refractivity contribution >= 4 is 144 Å². The van der Waals surface area contributed by atoms with Crippen LogP contribution < -0.4 is 39.6 Å². The van der Waals surface area contributed by atoms with Gasteiger partial charge in [0.15, 0.2) is 0 Å². The Bertz CT molecular complexity index is 5870. The third-order valence-corrected chi connectivity index (χ3v) is 29.5. The molecule has 680 valence electrons. The van der Waals surface area contributed by atoms with E-state index < -0.39 is 34.1 Å². The molecule has 0 amide bonds. The van der Waals surface area contributed by atoms with Gasteiger partial charge in [-0.3, -0.25) is 30.2 Å². The van der Waals surface area contributed by atoms with E-state index in [1.807, 2.05) is 61.9 Å². The van der Waals surface area contributed by atoms with Gasteiger partial charge >= 0.3 is 0 Å². The number of H-pyrrole nitrogens is 1. The minimum atomic E-state index is -1.12. The van der Waals surface area contributed by atoms with Crippen molar-refractivity contribution in [3.8, 4) is 0 Å². The minimum absolute atomic E-state index is 0. The molecule has 12 aromatic heterocycles. The van der Waals surface area contributed by atoms with Gasteiger partial charge in [0.2, 0.25) is 0 Å². The fourth-order valence-corrected chi connectivity index (χ4v) is 18.7.